The highest BCUT2D eigenvalue weighted by atomic mass is 14.8. The third-order valence-corrected chi connectivity index (χ3v) is 4.32. The average Bonchev–Trinajstić information content (AvgIpc) is 2.29. The number of aryl methyl sites for hydroxylation is 1. The van der Waals surface area contributed by atoms with E-state index in [-0.39, 0.29) is 5.54 Å². The number of nitrogens with two attached hydrogens (primary N) is 1. The molecule has 0 saturated heterocycles. The first kappa shape index (κ1) is 12.6. The lowest BCUT2D eigenvalue weighted by molar-refractivity contribution is 0.195. The molecule has 0 bridgehead atoms. The van der Waals surface area contributed by atoms with Crippen LogP contribution in [0.2, 0.25) is 0 Å². The van der Waals surface area contributed by atoms with E-state index in [9.17, 15) is 0 Å². The topological polar surface area (TPSA) is 38.9 Å². The van der Waals surface area contributed by atoms with Crippen LogP contribution in [0.4, 0.5) is 0 Å². The molecular weight excluding hydrogens is 208 g/mol. The minimum absolute atomic E-state index is 0.135. The quantitative estimate of drug-likeness (QED) is 0.849. The van der Waals surface area contributed by atoms with Gasteiger partial charge in [-0.3, -0.25) is 4.98 Å². The maximum atomic E-state index is 6.57. The van der Waals surface area contributed by atoms with E-state index in [0.29, 0.717) is 0 Å². The summed E-state index contributed by atoms with van der Waals surface area (Å²) >= 11 is 0. The van der Waals surface area contributed by atoms with Gasteiger partial charge in [0.15, 0.2) is 0 Å². The number of nitrogens with zero attached hydrogens (tertiary/aromatic N) is 1. The molecule has 2 nitrogen and oxygen atoms in total. The van der Waals surface area contributed by atoms with E-state index < -0.39 is 0 Å². The third-order valence-electron chi connectivity index (χ3n) is 4.32. The lowest BCUT2D eigenvalue weighted by Gasteiger charge is -2.39. The molecule has 0 aromatic carbocycles. The summed E-state index contributed by atoms with van der Waals surface area (Å²) in [6.45, 7) is 6.73. The summed E-state index contributed by atoms with van der Waals surface area (Å²) in [5.74, 6) is 1.64. The van der Waals surface area contributed by atoms with Crippen molar-refractivity contribution in [3.05, 3.63) is 29.6 Å². The summed E-state index contributed by atoms with van der Waals surface area (Å²) in [6, 6.07) is 2.20. The molecular formula is C15H24N2. The van der Waals surface area contributed by atoms with Gasteiger partial charge in [-0.05, 0) is 55.6 Å². The van der Waals surface area contributed by atoms with Crippen LogP contribution in [0.25, 0.3) is 0 Å². The second kappa shape index (κ2) is 4.77. The maximum Gasteiger partial charge on any atom is 0.0425 e. The monoisotopic (exact) mass is 232 g/mol. The van der Waals surface area contributed by atoms with Gasteiger partial charge in [0, 0.05) is 17.9 Å². The molecule has 0 radical (unpaired) electrons. The fourth-order valence-electron chi connectivity index (χ4n) is 2.94. The molecule has 2 heteroatoms. The van der Waals surface area contributed by atoms with Crippen LogP contribution < -0.4 is 5.73 Å². The minimum atomic E-state index is -0.135. The highest BCUT2D eigenvalue weighted by Gasteiger charge is 2.34. The second-order valence-electron chi connectivity index (χ2n) is 5.99. The van der Waals surface area contributed by atoms with Crippen molar-refractivity contribution in [2.75, 3.05) is 0 Å². The zero-order valence-electron chi connectivity index (χ0n) is 11.2. The van der Waals surface area contributed by atoms with Crippen LogP contribution in [0.15, 0.2) is 18.5 Å². The van der Waals surface area contributed by atoms with E-state index in [2.05, 4.69) is 31.8 Å². The normalized spacial score (nSPS) is 29.6. The van der Waals surface area contributed by atoms with Crippen LogP contribution in [0, 0.1) is 18.8 Å². The Kier molecular flexibility index (Phi) is 3.53. The highest BCUT2D eigenvalue weighted by molar-refractivity contribution is 5.25. The molecule has 1 aromatic heterocycles. The highest BCUT2D eigenvalue weighted by Crippen LogP contribution is 2.39. The standard InChI is InChI=1S/C15H24N2/c1-11(2)13-4-6-15(16,7-5-13)14-8-12(3)9-17-10-14/h8-11,13H,4-7,16H2,1-3H3. The molecule has 1 aliphatic carbocycles. The Labute approximate surface area is 105 Å². The van der Waals surface area contributed by atoms with E-state index in [4.69, 9.17) is 5.73 Å². The first-order valence-corrected chi connectivity index (χ1v) is 6.72. The summed E-state index contributed by atoms with van der Waals surface area (Å²) in [7, 11) is 0. The average molecular weight is 232 g/mol. The molecule has 1 saturated carbocycles. The molecule has 0 unspecified atom stereocenters. The van der Waals surface area contributed by atoms with E-state index in [1.54, 1.807) is 0 Å². The van der Waals surface area contributed by atoms with Gasteiger partial charge >= 0.3 is 0 Å². The fourth-order valence-corrected chi connectivity index (χ4v) is 2.94. The fraction of sp³-hybridized carbons (Fsp3) is 0.667. The van der Waals surface area contributed by atoms with Crippen LogP contribution in [0.1, 0.15) is 50.7 Å². The van der Waals surface area contributed by atoms with Crippen LogP contribution in [0.5, 0.6) is 0 Å². The summed E-state index contributed by atoms with van der Waals surface area (Å²) in [6.07, 6.45) is 8.54. The smallest absolute Gasteiger partial charge is 0.0425 e. The molecule has 0 amide bonds. The van der Waals surface area contributed by atoms with Crippen molar-refractivity contribution in [1.82, 2.24) is 4.98 Å². The molecule has 2 N–H and O–H groups in total. The van der Waals surface area contributed by atoms with E-state index in [1.807, 2.05) is 12.4 Å². The van der Waals surface area contributed by atoms with Crippen molar-refractivity contribution in [3.63, 3.8) is 0 Å². The molecule has 1 aromatic rings. The molecule has 1 heterocycles. The largest absolute Gasteiger partial charge is 0.321 e. The van der Waals surface area contributed by atoms with E-state index in [1.165, 1.54) is 24.0 Å². The number of rotatable bonds is 2. The summed E-state index contributed by atoms with van der Waals surface area (Å²) in [5, 5.41) is 0. The predicted octanol–water partition coefficient (Wildman–Crippen LogP) is 3.39. The van der Waals surface area contributed by atoms with Crippen molar-refractivity contribution in [2.24, 2.45) is 17.6 Å². The molecule has 94 valence electrons. The van der Waals surface area contributed by atoms with E-state index >= 15 is 0 Å². The zero-order valence-corrected chi connectivity index (χ0v) is 11.2. The van der Waals surface area contributed by atoms with Gasteiger partial charge in [0.2, 0.25) is 0 Å². The van der Waals surface area contributed by atoms with Crippen molar-refractivity contribution >= 4 is 0 Å². The second-order valence-corrected chi connectivity index (χ2v) is 5.99. The first-order chi connectivity index (χ1) is 8.01. The van der Waals surface area contributed by atoms with Crippen LogP contribution in [-0.2, 0) is 5.54 Å². The van der Waals surface area contributed by atoms with Crippen molar-refractivity contribution in [3.8, 4) is 0 Å². The SMILES string of the molecule is Cc1cncc(C2(N)CCC(C(C)C)CC2)c1. The van der Waals surface area contributed by atoms with Gasteiger partial charge in [0.05, 0.1) is 0 Å². The number of hydrogen-bond donors (Lipinski definition) is 1. The van der Waals surface area contributed by atoms with Crippen LogP contribution in [-0.4, -0.2) is 4.98 Å². The predicted molar refractivity (Wildman–Crippen MR) is 71.6 cm³/mol. The maximum absolute atomic E-state index is 6.57. The molecule has 17 heavy (non-hydrogen) atoms. The van der Waals surface area contributed by atoms with Gasteiger partial charge in [0.25, 0.3) is 0 Å². The van der Waals surface area contributed by atoms with Gasteiger partial charge in [-0.1, -0.05) is 19.9 Å². The Morgan fingerprint density at radius 2 is 1.94 bits per heavy atom. The molecule has 1 fully saturated rings. The van der Waals surface area contributed by atoms with Gasteiger partial charge in [-0.15, -0.1) is 0 Å². The molecule has 2 rings (SSSR count). The number of hydrogen-bond acceptors (Lipinski definition) is 2. The van der Waals surface area contributed by atoms with E-state index in [0.717, 1.165) is 24.7 Å². The Bertz CT molecular complexity index is 376. The van der Waals surface area contributed by atoms with Gasteiger partial charge in [-0.25, -0.2) is 0 Å². The molecule has 0 aliphatic heterocycles. The zero-order chi connectivity index (χ0) is 12.5. The first-order valence-electron chi connectivity index (χ1n) is 6.72. The molecule has 1 aliphatic rings. The Morgan fingerprint density at radius 1 is 1.29 bits per heavy atom. The van der Waals surface area contributed by atoms with Crippen molar-refractivity contribution < 1.29 is 0 Å². The minimum Gasteiger partial charge on any atom is -0.321 e. The van der Waals surface area contributed by atoms with Crippen LogP contribution in [0.3, 0.4) is 0 Å². The van der Waals surface area contributed by atoms with Crippen LogP contribution >= 0.6 is 0 Å². The number of pyridine rings is 1. The van der Waals surface area contributed by atoms with Crippen molar-refractivity contribution in [2.45, 2.75) is 52.0 Å². The summed E-state index contributed by atoms with van der Waals surface area (Å²) in [5.41, 5.74) is 8.87. The van der Waals surface area contributed by atoms with Gasteiger partial charge < -0.3 is 5.73 Å². The number of aromatic nitrogens is 1. The Hall–Kier alpha value is -0.890. The summed E-state index contributed by atoms with van der Waals surface area (Å²) < 4.78 is 0. The lowest BCUT2D eigenvalue weighted by atomic mass is 9.71. The van der Waals surface area contributed by atoms with Crippen molar-refractivity contribution in [1.29, 1.82) is 0 Å². The molecule has 0 atom stereocenters. The Balaban J connectivity index is 2.12. The van der Waals surface area contributed by atoms with Gasteiger partial charge in [-0.2, -0.15) is 0 Å². The third kappa shape index (κ3) is 2.68. The Morgan fingerprint density at radius 3 is 2.47 bits per heavy atom. The molecule has 0 spiro atoms. The van der Waals surface area contributed by atoms with Gasteiger partial charge in [0.1, 0.15) is 0 Å². The summed E-state index contributed by atoms with van der Waals surface area (Å²) in [4.78, 5) is 4.28. The lowest BCUT2D eigenvalue weighted by Crippen LogP contribution is -2.41.